The van der Waals surface area contributed by atoms with Gasteiger partial charge in [0.15, 0.2) is 5.54 Å². The molecule has 4 heterocycles. The highest BCUT2D eigenvalue weighted by Gasteiger charge is 2.54. The van der Waals surface area contributed by atoms with Crippen molar-refractivity contribution in [1.82, 2.24) is 15.2 Å². The van der Waals surface area contributed by atoms with Crippen molar-refractivity contribution >= 4 is 34.6 Å². The summed E-state index contributed by atoms with van der Waals surface area (Å²) in [5.41, 5.74) is 0.386. The van der Waals surface area contributed by atoms with Crippen LogP contribution in [0.2, 0.25) is 0 Å². The molecule has 1 saturated heterocycles. The minimum absolute atomic E-state index is 0.164. The van der Waals surface area contributed by atoms with E-state index < -0.39 is 5.54 Å². The molecule has 1 unspecified atom stereocenters. The van der Waals surface area contributed by atoms with Gasteiger partial charge in [-0.05, 0) is 17.5 Å². The Bertz CT molecular complexity index is 1030. The Morgan fingerprint density at radius 1 is 1.19 bits per heavy atom. The van der Waals surface area contributed by atoms with Gasteiger partial charge in [-0.25, -0.2) is 9.78 Å². The summed E-state index contributed by atoms with van der Waals surface area (Å²) in [5.74, 6) is 0.404. The number of carbonyl (C=O) groups excluding carboxylic acids is 2. The highest BCUT2D eigenvalue weighted by molar-refractivity contribution is 7.20. The third kappa shape index (κ3) is 2.55. The van der Waals surface area contributed by atoms with Crippen LogP contribution in [0, 0.1) is 0 Å². The SMILES string of the molecule is O=C1NC2(CCOc3ccccc32)C(=O)N1Cc1csc(-c2cccs2)n1. The predicted octanol–water partition coefficient (Wildman–Crippen LogP) is 3.60. The van der Waals surface area contributed by atoms with Gasteiger partial charge in [-0.15, -0.1) is 22.7 Å². The third-order valence-electron chi connectivity index (χ3n) is 4.86. The third-order valence-corrected chi connectivity index (χ3v) is 6.79. The molecule has 136 valence electrons. The van der Waals surface area contributed by atoms with E-state index in [4.69, 9.17) is 4.74 Å². The number of aromatic nitrogens is 1. The van der Waals surface area contributed by atoms with Gasteiger partial charge in [0.05, 0.1) is 23.7 Å². The zero-order valence-electron chi connectivity index (χ0n) is 14.2. The maximum absolute atomic E-state index is 13.3. The highest BCUT2D eigenvalue weighted by Crippen LogP contribution is 2.41. The first kappa shape index (κ1) is 16.5. The van der Waals surface area contributed by atoms with Crippen molar-refractivity contribution in [3.8, 4) is 15.6 Å². The zero-order valence-corrected chi connectivity index (χ0v) is 15.8. The van der Waals surface area contributed by atoms with Crippen molar-refractivity contribution in [1.29, 1.82) is 0 Å². The Hall–Kier alpha value is -2.71. The molecule has 0 radical (unpaired) electrons. The molecule has 6 nitrogen and oxygen atoms in total. The fourth-order valence-corrected chi connectivity index (χ4v) is 5.20. The second-order valence-corrected chi connectivity index (χ2v) is 8.25. The van der Waals surface area contributed by atoms with Crippen molar-refractivity contribution in [2.75, 3.05) is 6.61 Å². The van der Waals surface area contributed by atoms with Gasteiger partial charge in [0.2, 0.25) is 0 Å². The Kier molecular flexibility index (Phi) is 3.76. The number of imide groups is 1. The molecule has 1 N–H and O–H groups in total. The largest absolute Gasteiger partial charge is 0.493 e. The lowest BCUT2D eigenvalue weighted by molar-refractivity contribution is -0.133. The van der Waals surface area contributed by atoms with Gasteiger partial charge in [-0.3, -0.25) is 9.69 Å². The van der Waals surface area contributed by atoms with Crippen molar-refractivity contribution in [3.63, 3.8) is 0 Å². The van der Waals surface area contributed by atoms with Gasteiger partial charge in [-0.2, -0.15) is 0 Å². The first-order valence-corrected chi connectivity index (χ1v) is 10.3. The number of ether oxygens (including phenoxy) is 1. The number of amides is 3. The van der Waals surface area contributed by atoms with Crippen molar-refractivity contribution in [2.45, 2.75) is 18.5 Å². The van der Waals surface area contributed by atoms with Crippen LogP contribution in [0.25, 0.3) is 9.88 Å². The molecule has 2 aliphatic heterocycles. The average molecular weight is 397 g/mol. The van der Waals surface area contributed by atoms with E-state index in [0.717, 1.165) is 15.4 Å². The van der Waals surface area contributed by atoms with E-state index in [1.165, 1.54) is 16.2 Å². The van der Waals surface area contributed by atoms with E-state index in [1.54, 1.807) is 11.3 Å². The van der Waals surface area contributed by atoms with Crippen LogP contribution in [-0.2, 0) is 16.9 Å². The van der Waals surface area contributed by atoms with Crippen molar-refractivity contribution in [3.05, 3.63) is 58.4 Å². The van der Waals surface area contributed by atoms with Crippen LogP contribution < -0.4 is 10.1 Å². The van der Waals surface area contributed by atoms with Crippen LogP contribution in [0.15, 0.2) is 47.2 Å². The minimum atomic E-state index is -1.04. The normalized spacial score (nSPS) is 21.3. The van der Waals surface area contributed by atoms with Gasteiger partial charge in [0.25, 0.3) is 5.91 Å². The first-order valence-electron chi connectivity index (χ1n) is 8.52. The molecule has 0 aliphatic carbocycles. The number of nitrogens with one attached hydrogen (secondary N) is 1. The molecule has 27 heavy (non-hydrogen) atoms. The van der Waals surface area contributed by atoms with Crippen LogP contribution >= 0.6 is 22.7 Å². The summed E-state index contributed by atoms with van der Waals surface area (Å²) in [6.45, 7) is 0.549. The second-order valence-electron chi connectivity index (χ2n) is 6.44. The molecule has 8 heteroatoms. The minimum Gasteiger partial charge on any atom is -0.493 e. The van der Waals surface area contributed by atoms with E-state index in [-0.39, 0.29) is 18.5 Å². The molecule has 5 rings (SSSR count). The molecule has 2 aliphatic rings. The van der Waals surface area contributed by atoms with Gasteiger partial charge < -0.3 is 10.1 Å². The smallest absolute Gasteiger partial charge is 0.325 e. The summed E-state index contributed by atoms with van der Waals surface area (Å²) in [4.78, 5) is 32.8. The van der Waals surface area contributed by atoms with Gasteiger partial charge >= 0.3 is 6.03 Å². The lowest BCUT2D eigenvalue weighted by Gasteiger charge is -2.33. The number of nitrogens with zero attached hydrogens (tertiary/aromatic N) is 2. The number of carbonyl (C=O) groups is 2. The quantitative estimate of drug-likeness (QED) is 0.686. The summed E-state index contributed by atoms with van der Waals surface area (Å²) in [5, 5.41) is 7.72. The highest BCUT2D eigenvalue weighted by atomic mass is 32.1. The Morgan fingerprint density at radius 3 is 2.93 bits per heavy atom. The van der Waals surface area contributed by atoms with Crippen LogP contribution in [0.1, 0.15) is 17.7 Å². The molecular weight excluding hydrogens is 382 g/mol. The summed E-state index contributed by atoms with van der Waals surface area (Å²) in [6.07, 6.45) is 0.419. The van der Waals surface area contributed by atoms with Gasteiger partial charge in [0.1, 0.15) is 10.8 Å². The number of fused-ring (bicyclic) bond motifs is 2. The average Bonchev–Trinajstić information content (AvgIpc) is 3.40. The van der Waals surface area contributed by atoms with Gasteiger partial charge in [0, 0.05) is 17.4 Å². The summed E-state index contributed by atoms with van der Waals surface area (Å²) in [6, 6.07) is 11.0. The number of thiophene rings is 1. The molecule has 3 aromatic rings. The van der Waals surface area contributed by atoms with Crippen molar-refractivity contribution < 1.29 is 14.3 Å². The van der Waals surface area contributed by atoms with Gasteiger partial charge in [-0.1, -0.05) is 24.3 Å². The summed E-state index contributed by atoms with van der Waals surface area (Å²) >= 11 is 3.14. The maximum Gasteiger partial charge on any atom is 0.325 e. The van der Waals surface area contributed by atoms with Crippen LogP contribution in [-0.4, -0.2) is 28.4 Å². The number of hydrogen-bond acceptors (Lipinski definition) is 6. The number of hydrogen-bond donors (Lipinski definition) is 1. The predicted molar refractivity (Wildman–Crippen MR) is 103 cm³/mol. The van der Waals surface area contributed by atoms with Crippen molar-refractivity contribution in [2.24, 2.45) is 0 Å². The molecule has 1 atom stereocenters. The van der Waals surface area contributed by atoms with E-state index in [9.17, 15) is 9.59 Å². The topological polar surface area (TPSA) is 71.5 Å². The number of benzene rings is 1. The summed E-state index contributed by atoms with van der Waals surface area (Å²) in [7, 11) is 0. The monoisotopic (exact) mass is 397 g/mol. The van der Waals surface area contributed by atoms with Crippen LogP contribution in [0.3, 0.4) is 0 Å². The molecule has 1 spiro atoms. The van der Waals surface area contributed by atoms with Crippen LogP contribution in [0.5, 0.6) is 5.75 Å². The van der Waals surface area contributed by atoms with Crippen LogP contribution in [0.4, 0.5) is 4.79 Å². The molecule has 1 fully saturated rings. The van der Waals surface area contributed by atoms with E-state index in [1.807, 2.05) is 47.2 Å². The lowest BCUT2D eigenvalue weighted by Crippen LogP contribution is -2.47. The molecule has 2 aromatic heterocycles. The molecule has 0 saturated carbocycles. The van der Waals surface area contributed by atoms with E-state index in [2.05, 4.69) is 10.3 Å². The van der Waals surface area contributed by atoms with E-state index in [0.29, 0.717) is 24.5 Å². The molecule has 3 amide bonds. The number of urea groups is 1. The summed E-state index contributed by atoms with van der Waals surface area (Å²) < 4.78 is 5.66. The lowest BCUT2D eigenvalue weighted by atomic mass is 9.84. The molecule has 0 bridgehead atoms. The Morgan fingerprint density at radius 2 is 2.07 bits per heavy atom. The zero-order chi connectivity index (χ0) is 18.4. The second kappa shape index (κ2) is 6.17. The fraction of sp³-hybridized carbons (Fsp3) is 0.211. The maximum atomic E-state index is 13.3. The standard InChI is InChI=1S/C19H15N3O3S2/c23-17-19(7-8-25-14-5-2-1-4-13(14)19)21-18(24)22(17)10-12-11-27-16(20-12)15-6-3-9-26-15/h1-6,9,11H,7-8,10H2,(H,21,24). The Balaban J connectivity index is 1.44. The molecular formula is C19H15N3O3S2. The number of para-hydroxylation sites is 1. The fourth-order valence-electron chi connectivity index (χ4n) is 3.57. The Labute approximate surface area is 163 Å². The number of thiazole rings is 1. The first-order chi connectivity index (χ1) is 13.2. The van der Waals surface area contributed by atoms with E-state index >= 15 is 0 Å². The number of rotatable bonds is 3. The molecule has 1 aromatic carbocycles.